The number of anilines is 1. The molecular weight excluding hydrogens is 210 g/mol. The van der Waals surface area contributed by atoms with Crippen LogP contribution in [0.2, 0.25) is 0 Å². The molecule has 2 aromatic rings. The van der Waals surface area contributed by atoms with Gasteiger partial charge in [0.1, 0.15) is 0 Å². The number of hydrogen-bond acceptors (Lipinski definition) is 2. The van der Waals surface area contributed by atoms with E-state index < -0.39 is 0 Å². The summed E-state index contributed by atoms with van der Waals surface area (Å²) < 4.78 is 0. The molecule has 86 valence electrons. The molecule has 0 unspecified atom stereocenters. The molecule has 0 fully saturated rings. The van der Waals surface area contributed by atoms with E-state index in [-0.39, 0.29) is 5.78 Å². The maximum Gasteiger partial charge on any atom is 0.193 e. The predicted molar refractivity (Wildman–Crippen MR) is 70.2 cm³/mol. The quantitative estimate of drug-likeness (QED) is 0.630. The van der Waals surface area contributed by atoms with Crippen molar-refractivity contribution in [2.75, 3.05) is 5.73 Å². The van der Waals surface area contributed by atoms with E-state index in [9.17, 15) is 4.79 Å². The lowest BCUT2D eigenvalue weighted by Gasteiger charge is -2.08. The van der Waals surface area contributed by atoms with Gasteiger partial charge >= 0.3 is 0 Å². The molecule has 2 aromatic carbocycles. The Labute approximate surface area is 101 Å². The first kappa shape index (κ1) is 11.4. The number of ketones is 1. The maximum absolute atomic E-state index is 12.4. The number of aryl methyl sites for hydroxylation is 2. The third kappa shape index (κ3) is 2.21. The summed E-state index contributed by atoms with van der Waals surface area (Å²) >= 11 is 0. The number of rotatable bonds is 2. The zero-order valence-electron chi connectivity index (χ0n) is 10.0. The van der Waals surface area contributed by atoms with Gasteiger partial charge in [-0.15, -0.1) is 0 Å². The summed E-state index contributed by atoms with van der Waals surface area (Å²) in [6.45, 7) is 3.91. The molecule has 2 N–H and O–H groups in total. The first-order chi connectivity index (χ1) is 8.09. The lowest BCUT2D eigenvalue weighted by molar-refractivity contribution is 0.103. The summed E-state index contributed by atoms with van der Waals surface area (Å²) in [5.74, 6) is 0.0561. The van der Waals surface area contributed by atoms with Gasteiger partial charge in [0.05, 0.1) is 0 Å². The Hall–Kier alpha value is -2.09. The summed E-state index contributed by atoms with van der Waals surface area (Å²) in [6.07, 6.45) is 0. The topological polar surface area (TPSA) is 43.1 Å². The first-order valence-corrected chi connectivity index (χ1v) is 5.56. The summed E-state index contributed by atoms with van der Waals surface area (Å²) in [5, 5.41) is 0. The maximum atomic E-state index is 12.4. The molecule has 0 amide bonds. The Kier molecular flexibility index (Phi) is 2.96. The molecule has 0 aliphatic carbocycles. The van der Waals surface area contributed by atoms with Crippen molar-refractivity contribution < 1.29 is 4.79 Å². The third-order valence-corrected chi connectivity index (χ3v) is 2.88. The van der Waals surface area contributed by atoms with Crippen LogP contribution in [-0.2, 0) is 0 Å². The van der Waals surface area contributed by atoms with Gasteiger partial charge in [0.15, 0.2) is 5.78 Å². The number of carbonyl (C=O) groups is 1. The van der Waals surface area contributed by atoms with Gasteiger partial charge in [-0.05, 0) is 49.2 Å². The summed E-state index contributed by atoms with van der Waals surface area (Å²) in [6, 6.07) is 12.9. The van der Waals surface area contributed by atoms with E-state index in [1.807, 2.05) is 32.0 Å². The van der Waals surface area contributed by atoms with Crippen molar-refractivity contribution in [1.82, 2.24) is 0 Å². The number of hydrogen-bond donors (Lipinski definition) is 1. The molecule has 2 nitrogen and oxygen atoms in total. The Morgan fingerprint density at radius 2 is 1.47 bits per heavy atom. The van der Waals surface area contributed by atoms with E-state index in [4.69, 9.17) is 5.73 Å². The third-order valence-electron chi connectivity index (χ3n) is 2.88. The summed E-state index contributed by atoms with van der Waals surface area (Å²) in [5.41, 5.74) is 9.76. The van der Waals surface area contributed by atoms with Crippen molar-refractivity contribution in [1.29, 1.82) is 0 Å². The van der Waals surface area contributed by atoms with Crippen molar-refractivity contribution in [2.24, 2.45) is 0 Å². The lowest BCUT2D eigenvalue weighted by Crippen LogP contribution is -2.06. The van der Waals surface area contributed by atoms with Crippen molar-refractivity contribution in [2.45, 2.75) is 13.8 Å². The van der Waals surface area contributed by atoms with Gasteiger partial charge in [0.2, 0.25) is 0 Å². The van der Waals surface area contributed by atoms with E-state index in [1.54, 1.807) is 24.3 Å². The Balaban J connectivity index is 2.47. The molecule has 0 aliphatic heterocycles. The molecule has 0 bridgehead atoms. The van der Waals surface area contributed by atoms with Crippen molar-refractivity contribution in [3.8, 4) is 0 Å². The zero-order valence-corrected chi connectivity index (χ0v) is 10.0. The van der Waals surface area contributed by atoms with Crippen LogP contribution in [0.25, 0.3) is 0 Å². The molecule has 2 heteroatoms. The molecule has 0 atom stereocenters. The standard InChI is InChI=1S/C15H15NO/c1-10-4-3-5-11(2)14(10)15(17)12-6-8-13(16)9-7-12/h3-9H,16H2,1-2H3. The highest BCUT2D eigenvalue weighted by atomic mass is 16.1. The monoisotopic (exact) mass is 225 g/mol. The van der Waals surface area contributed by atoms with E-state index >= 15 is 0 Å². The normalized spacial score (nSPS) is 10.2. The van der Waals surface area contributed by atoms with Crippen LogP contribution in [0.5, 0.6) is 0 Å². The van der Waals surface area contributed by atoms with Crippen LogP contribution in [0.15, 0.2) is 42.5 Å². The highest BCUT2D eigenvalue weighted by molar-refractivity contribution is 6.10. The van der Waals surface area contributed by atoms with Gasteiger partial charge in [-0.25, -0.2) is 0 Å². The number of nitrogen functional groups attached to an aromatic ring is 1. The van der Waals surface area contributed by atoms with Gasteiger partial charge in [0.25, 0.3) is 0 Å². The van der Waals surface area contributed by atoms with Crippen molar-refractivity contribution in [3.63, 3.8) is 0 Å². The molecule has 0 saturated heterocycles. The van der Waals surface area contributed by atoms with Crippen LogP contribution in [0.4, 0.5) is 5.69 Å². The molecule has 17 heavy (non-hydrogen) atoms. The second-order valence-corrected chi connectivity index (χ2v) is 4.22. The zero-order chi connectivity index (χ0) is 12.4. The molecule has 0 saturated carbocycles. The summed E-state index contributed by atoms with van der Waals surface area (Å²) in [4.78, 5) is 12.4. The van der Waals surface area contributed by atoms with Crippen LogP contribution in [0.3, 0.4) is 0 Å². The predicted octanol–water partition coefficient (Wildman–Crippen LogP) is 3.12. The highest BCUT2D eigenvalue weighted by Crippen LogP contribution is 2.18. The van der Waals surface area contributed by atoms with Crippen molar-refractivity contribution in [3.05, 3.63) is 64.7 Å². The van der Waals surface area contributed by atoms with Gasteiger partial charge in [-0.1, -0.05) is 18.2 Å². The second kappa shape index (κ2) is 4.42. The molecule has 0 spiro atoms. The Bertz CT molecular complexity index is 535. The largest absolute Gasteiger partial charge is 0.399 e. The van der Waals surface area contributed by atoms with E-state index in [1.165, 1.54) is 0 Å². The number of carbonyl (C=O) groups excluding carboxylic acids is 1. The van der Waals surface area contributed by atoms with E-state index in [2.05, 4.69) is 0 Å². The van der Waals surface area contributed by atoms with Crippen LogP contribution < -0.4 is 5.73 Å². The minimum atomic E-state index is 0.0561. The molecule has 0 radical (unpaired) electrons. The van der Waals surface area contributed by atoms with Crippen LogP contribution in [0, 0.1) is 13.8 Å². The average Bonchev–Trinajstić information content (AvgIpc) is 2.29. The van der Waals surface area contributed by atoms with Gasteiger partial charge in [0, 0.05) is 16.8 Å². The Morgan fingerprint density at radius 1 is 0.941 bits per heavy atom. The fourth-order valence-corrected chi connectivity index (χ4v) is 1.95. The van der Waals surface area contributed by atoms with Crippen LogP contribution in [0.1, 0.15) is 27.0 Å². The first-order valence-electron chi connectivity index (χ1n) is 5.56. The fourth-order valence-electron chi connectivity index (χ4n) is 1.95. The molecule has 0 heterocycles. The van der Waals surface area contributed by atoms with Gasteiger partial charge in [-0.2, -0.15) is 0 Å². The van der Waals surface area contributed by atoms with Gasteiger partial charge < -0.3 is 5.73 Å². The molecule has 2 rings (SSSR count). The highest BCUT2D eigenvalue weighted by Gasteiger charge is 2.13. The van der Waals surface area contributed by atoms with E-state index in [0.717, 1.165) is 16.7 Å². The fraction of sp³-hybridized carbons (Fsp3) is 0.133. The smallest absolute Gasteiger partial charge is 0.193 e. The lowest BCUT2D eigenvalue weighted by atomic mass is 9.95. The minimum Gasteiger partial charge on any atom is -0.399 e. The second-order valence-electron chi connectivity index (χ2n) is 4.22. The average molecular weight is 225 g/mol. The van der Waals surface area contributed by atoms with Gasteiger partial charge in [-0.3, -0.25) is 4.79 Å². The molecule has 0 aliphatic rings. The SMILES string of the molecule is Cc1cccc(C)c1C(=O)c1ccc(N)cc1. The van der Waals surface area contributed by atoms with Crippen LogP contribution in [-0.4, -0.2) is 5.78 Å². The molecular formula is C15H15NO. The van der Waals surface area contributed by atoms with Crippen molar-refractivity contribution >= 4 is 11.5 Å². The van der Waals surface area contributed by atoms with E-state index in [0.29, 0.717) is 11.3 Å². The minimum absolute atomic E-state index is 0.0561. The Morgan fingerprint density at radius 3 is 2.00 bits per heavy atom. The number of nitrogens with two attached hydrogens (primary N) is 1. The number of benzene rings is 2. The summed E-state index contributed by atoms with van der Waals surface area (Å²) in [7, 11) is 0. The van der Waals surface area contributed by atoms with Crippen LogP contribution >= 0.6 is 0 Å². The molecule has 0 aromatic heterocycles.